The Morgan fingerprint density at radius 1 is 1.27 bits per heavy atom. The number of hydrogen-bond donors (Lipinski definition) is 0. The van der Waals surface area contributed by atoms with Crippen LogP contribution in [0.2, 0.25) is 0 Å². The Labute approximate surface area is 88.2 Å². The maximum atomic E-state index is 13.4. The molecule has 0 aliphatic heterocycles. The summed E-state index contributed by atoms with van der Waals surface area (Å²) in [4.78, 5) is 0. The van der Waals surface area contributed by atoms with Gasteiger partial charge in [0.05, 0.1) is 5.56 Å². The Hall–Kier alpha value is -1.70. The highest BCUT2D eigenvalue weighted by Crippen LogP contribution is 2.22. The van der Waals surface area contributed by atoms with E-state index in [1.807, 2.05) is 0 Å². The van der Waals surface area contributed by atoms with Gasteiger partial charge in [0.2, 0.25) is 0 Å². The average Bonchev–Trinajstić information content (AvgIpc) is 2.22. The molecule has 0 saturated carbocycles. The first-order valence-electron chi connectivity index (χ1n) is 4.60. The lowest BCUT2D eigenvalue weighted by atomic mass is 10.0. The second kappa shape index (κ2) is 5.25. The fraction of sp³-hybridized carbons (Fsp3) is 0.0769. The summed E-state index contributed by atoms with van der Waals surface area (Å²) in [5, 5.41) is 0. The van der Waals surface area contributed by atoms with Gasteiger partial charge in [-0.15, -0.1) is 0 Å². The van der Waals surface area contributed by atoms with E-state index in [1.54, 1.807) is 31.2 Å². The molecule has 0 spiro atoms. The third-order valence-corrected chi connectivity index (χ3v) is 1.97. The SMILES string of the molecule is C=C/C=C\C(=C/C)c1c(F)cccc1F. The Morgan fingerprint density at radius 2 is 1.87 bits per heavy atom. The topological polar surface area (TPSA) is 0 Å². The standard InChI is InChI=1S/C13H12F2/c1-3-5-7-10(4-2)13-11(14)8-6-9-12(13)15/h3-9H,1H2,2H3/b7-5-,10-4+. The van der Waals surface area contributed by atoms with Crippen molar-refractivity contribution in [3.63, 3.8) is 0 Å². The summed E-state index contributed by atoms with van der Waals surface area (Å²) in [6.45, 7) is 5.23. The summed E-state index contributed by atoms with van der Waals surface area (Å²) in [6, 6.07) is 3.83. The molecule has 0 saturated heterocycles. The van der Waals surface area contributed by atoms with Crippen molar-refractivity contribution >= 4 is 5.57 Å². The van der Waals surface area contributed by atoms with Crippen molar-refractivity contribution < 1.29 is 8.78 Å². The van der Waals surface area contributed by atoms with Crippen LogP contribution >= 0.6 is 0 Å². The third-order valence-electron chi connectivity index (χ3n) is 1.97. The lowest BCUT2D eigenvalue weighted by Gasteiger charge is -2.04. The minimum atomic E-state index is -0.559. The van der Waals surface area contributed by atoms with Crippen LogP contribution in [-0.4, -0.2) is 0 Å². The van der Waals surface area contributed by atoms with Gasteiger partial charge >= 0.3 is 0 Å². The number of rotatable bonds is 3. The van der Waals surface area contributed by atoms with E-state index >= 15 is 0 Å². The Bertz CT molecular complexity index is 394. The minimum absolute atomic E-state index is 0.00176. The van der Waals surface area contributed by atoms with E-state index in [0.29, 0.717) is 5.57 Å². The van der Waals surface area contributed by atoms with Gasteiger partial charge in [-0.1, -0.05) is 36.9 Å². The molecule has 0 fully saturated rings. The summed E-state index contributed by atoms with van der Waals surface area (Å²) < 4.78 is 26.7. The van der Waals surface area contributed by atoms with Crippen LogP contribution in [0, 0.1) is 11.6 Å². The molecular formula is C13H12F2. The predicted octanol–water partition coefficient (Wildman–Crippen LogP) is 4.11. The maximum Gasteiger partial charge on any atom is 0.133 e. The number of hydrogen-bond acceptors (Lipinski definition) is 0. The van der Waals surface area contributed by atoms with E-state index < -0.39 is 11.6 Å². The normalized spacial score (nSPS) is 12.1. The molecule has 0 aliphatic rings. The predicted molar refractivity (Wildman–Crippen MR) is 59.3 cm³/mol. The molecule has 1 aromatic rings. The Balaban J connectivity index is 3.24. The highest BCUT2D eigenvalue weighted by atomic mass is 19.1. The van der Waals surface area contributed by atoms with E-state index in [4.69, 9.17) is 0 Å². The molecule has 0 atom stereocenters. The molecule has 1 rings (SSSR count). The van der Waals surface area contributed by atoms with Crippen LogP contribution in [0.15, 0.2) is 49.1 Å². The van der Waals surface area contributed by atoms with Crippen LogP contribution in [0.4, 0.5) is 8.78 Å². The molecule has 78 valence electrons. The fourth-order valence-electron chi connectivity index (χ4n) is 1.27. The lowest BCUT2D eigenvalue weighted by molar-refractivity contribution is 0.577. The number of allylic oxidation sites excluding steroid dienone is 5. The number of halogens is 2. The van der Waals surface area contributed by atoms with Crippen molar-refractivity contribution in [2.75, 3.05) is 0 Å². The Morgan fingerprint density at radius 3 is 2.33 bits per heavy atom. The van der Waals surface area contributed by atoms with Crippen molar-refractivity contribution in [2.45, 2.75) is 6.92 Å². The van der Waals surface area contributed by atoms with E-state index in [-0.39, 0.29) is 5.56 Å². The van der Waals surface area contributed by atoms with E-state index in [2.05, 4.69) is 6.58 Å². The van der Waals surface area contributed by atoms with Crippen molar-refractivity contribution in [2.24, 2.45) is 0 Å². The molecule has 2 heteroatoms. The van der Waals surface area contributed by atoms with Gasteiger partial charge in [-0.2, -0.15) is 0 Å². The summed E-state index contributed by atoms with van der Waals surface area (Å²) in [6.07, 6.45) is 6.47. The van der Waals surface area contributed by atoms with Gasteiger partial charge in [-0.3, -0.25) is 0 Å². The zero-order valence-corrected chi connectivity index (χ0v) is 8.50. The van der Waals surface area contributed by atoms with E-state index in [0.717, 1.165) is 0 Å². The number of benzene rings is 1. The molecule has 0 bridgehead atoms. The second-order valence-corrected chi connectivity index (χ2v) is 2.94. The first kappa shape index (κ1) is 11.4. The van der Waals surface area contributed by atoms with Crippen LogP contribution in [0.3, 0.4) is 0 Å². The fourth-order valence-corrected chi connectivity index (χ4v) is 1.27. The molecular weight excluding hydrogens is 194 g/mol. The highest BCUT2D eigenvalue weighted by Gasteiger charge is 2.10. The first-order valence-corrected chi connectivity index (χ1v) is 4.60. The van der Waals surface area contributed by atoms with Crippen molar-refractivity contribution in [3.8, 4) is 0 Å². The molecule has 0 unspecified atom stereocenters. The van der Waals surface area contributed by atoms with Crippen molar-refractivity contribution in [3.05, 3.63) is 66.3 Å². The van der Waals surface area contributed by atoms with Gasteiger partial charge in [-0.05, 0) is 24.6 Å². The third kappa shape index (κ3) is 2.62. The largest absolute Gasteiger partial charge is 0.206 e. The monoisotopic (exact) mass is 206 g/mol. The van der Waals surface area contributed by atoms with Gasteiger partial charge in [-0.25, -0.2) is 8.78 Å². The smallest absolute Gasteiger partial charge is 0.133 e. The quantitative estimate of drug-likeness (QED) is 0.653. The Kier molecular flexibility index (Phi) is 3.98. The minimum Gasteiger partial charge on any atom is -0.206 e. The first-order chi connectivity index (χ1) is 7.20. The van der Waals surface area contributed by atoms with Gasteiger partial charge in [0.25, 0.3) is 0 Å². The van der Waals surface area contributed by atoms with Crippen LogP contribution in [0.5, 0.6) is 0 Å². The van der Waals surface area contributed by atoms with Gasteiger partial charge in [0.15, 0.2) is 0 Å². The molecule has 0 N–H and O–H groups in total. The summed E-state index contributed by atoms with van der Waals surface area (Å²) >= 11 is 0. The van der Waals surface area contributed by atoms with Crippen molar-refractivity contribution in [1.82, 2.24) is 0 Å². The zero-order valence-electron chi connectivity index (χ0n) is 8.50. The maximum absolute atomic E-state index is 13.4. The molecule has 0 nitrogen and oxygen atoms in total. The van der Waals surface area contributed by atoms with Gasteiger partial charge in [0.1, 0.15) is 11.6 Å². The molecule has 0 amide bonds. The average molecular weight is 206 g/mol. The summed E-state index contributed by atoms with van der Waals surface area (Å²) in [5.41, 5.74) is 0.503. The van der Waals surface area contributed by atoms with Crippen molar-refractivity contribution in [1.29, 1.82) is 0 Å². The molecule has 1 aromatic carbocycles. The second-order valence-electron chi connectivity index (χ2n) is 2.94. The van der Waals surface area contributed by atoms with Crippen LogP contribution in [-0.2, 0) is 0 Å². The van der Waals surface area contributed by atoms with Crippen LogP contribution in [0.1, 0.15) is 12.5 Å². The molecule has 0 aliphatic carbocycles. The molecule has 0 radical (unpaired) electrons. The van der Waals surface area contributed by atoms with E-state index in [1.165, 1.54) is 18.2 Å². The van der Waals surface area contributed by atoms with Crippen LogP contribution < -0.4 is 0 Å². The van der Waals surface area contributed by atoms with Gasteiger partial charge in [0, 0.05) is 0 Å². The molecule has 0 heterocycles. The summed E-state index contributed by atoms with van der Waals surface area (Å²) in [7, 11) is 0. The summed E-state index contributed by atoms with van der Waals surface area (Å²) in [5.74, 6) is -1.12. The van der Waals surface area contributed by atoms with Crippen LogP contribution in [0.25, 0.3) is 5.57 Å². The lowest BCUT2D eigenvalue weighted by Crippen LogP contribution is -1.92. The zero-order chi connectivity index (χ0) is 11.3. The molecule has 15 heavy (non-hydrogen) atoms. The highest BCUT2D eigenvalue weighted by molar-refractivity contribution is 5.74. The molecule has 0 aromatic heterocycles. The van der Waals surface area contributed by atoms with E-state index in [9.17, 15) is 8.78 Å². The van der Waals surface area contributed by atoms with Gasteiger partial charge < -0.3 is 0 Å².